The molecule has 5 heteroatoms. The van der Waals surface area contributed by atoms with Gasteiger partial charge < -0.3 is 10.2 Å². The van der Waals surface area contributed by atoms with E-state index in [4.69, 9.17) is 0 Å². The van der Waals surface area contributed by atoms with E-state index >= 15 is 0 Å². The Morgan fingerprint density at radius 3 is 2.87 bits per heavy atom. The molecule has 0 aliphatic carbocycles. The minimum Gasteiger partial charge on any atom is -0.339 e. The van der Waals surface area contributed by atoms with Crippen molar-refractivity contribution in [3.05, 3.63) is 70.4 Å². The number of rotatable bonds is 3. The Balaban J connectivity index is 1.40. The van der Waals surface area contributed by atoms with Crippen molar-refractivity contribution in [1.82, 2.24) is 9.88 Å². The highest BCUT2D eigenvalue weighted by molar-refractivity contribution is 5.94. The van der Waals surface area contributed by atoms with Crippen LogP contribution in [0, 0.1) is 13.8 Å². The van der Waals surface area contributed by atoms with Gasteiger partial charge in [0.25, 0.3) is 0 Å². The Labute approximate surface area is 177 Å². The molecule has 1 aromatic carbocycles. The van der Waals surface area contributed by atoms with Gasteiger partial charge in [0.2, 0.25) is 11.8 Å². The van der Waals surface area contributed by atoms with Crippen LogP contribution in [0.3, 0.4) is 0 Å². The van der Waals surface area contributed by atoms with Crippen molar-refractivity contribution >= 4 is 29.3 Å². The highest BCUT2D eigenvalue weighted by Crippen LogP contribution is 2.26. The second-order valence-corrected chi connectivity index (χ2v) is 8.07. The molecule has 3 heterocycles. The lowest BCUT2D eigenvalue weighted by atomic mass is 9.96. The van der Waals surface area contributed by atoms with Gasteiger partial charge >= 0.3 is 0 Å². The lowest BCUT2D eigenvalue weighted by molar-refractivity contribution is -0.125. The first kappa shape index (κ1) is 20.1. The molecule has 0 unspecified atom stereocenters. The molecule has 1 aromatic heterocycles. The standard InChI is InChI=1S/C25H27N3O2/c1-17-5-6-18(2)22(14-17)20-4-3-12-28(13-11-20)24(30)10-7-19-15-21-8-9-23(29)27-25(21)26-16-19/h4-7,10,14-16H,3,8-9,11-13H2,1-2H3,(H,26,27,29). The fourth-order valence-corrected chi connectivity index (χ4v) is 4.05. The summed E-state index contributed by atoms with van der Waals surface area (Å²) in [7, 11) is 0. The maximum Gasteiger partial charge on any atom is 0.246 e. The van der Waals surface area contributed by atoms with Gasteiger partial charge in [-0.1, -0.05) is 29.8 Å². The average molecular weight is 402 g/mol. The molecule has 5 nitrogen and oxygen atoms in total. The Bertz CT molecular complexity index is 1050. The molecular weight excluding hydrogens is 374 g/mol. The number of nitrogens with one attached hydrogen (secondary N) is 1. The number of fused-ring (bicyclic) bond motifs is 1. The van der Waals surface area contributed by atoms with Gasteiger partial charge in [-0.15, -0.1) is 0 Å². The lowest BCUT2D eigenvalue weighted by Gasteiger charge is -2.19. The summed E-state index contributed by atoms with van der Waals surface area (Å²) in [6, 6.07) is 8.54. The van der Waals surface area contributed by atoms with E-state index in [2.05, 4.69) is 48.4 Å². The van der Waals surface area contributed by atoms with Gasteiger partial charge in [-0.3, -0.25) is 9.59 Å². The third kappa shape index (κ3) is 4.51. The van der Waals surface area contributed by atoms with E-state index in [1.165, 1.54) is 22.3 Å². The molecule has 0 fully saturated rings. The first-order chi connectivity index (χ1) is 14.5. The van der Waals surface area contributed by atoms with Gasteiger partial charge in [-0.25, -0.2) is 4.98 Å². The maximum absolute atomic E-state index is 12.8. The average Bonchev–Trinajstić information content (AvgIpc) is 3.00. The zero-order valence-corrected chi connectivity index (χ0v) is 17.6. The fourth-order valence-electron chi connectivity index (χ4n) is 4.05. The number of nitrogens with zero attached hydrogens (tertiary/aromatic N) is 2. The Hall–Kier alpha value is -3.21. The summed E-state index contributed by atoms with van der Waals surface area (Å²) in [5, 5.41) is 2.78. The van der Waals surface area contributed by atoms with Crippen molar-refractivity contribution in [2.75, 3.05) is 18.4 Å². The minimum absolute atomic E-state index is 0.00321. The van der Waals surface area contributed by atoms with Crippen LogP contribution in [0.4, 0.5) is 5.82 Å². The summed E-state index contributed by atoms with van der Waals surface area (Å²) in [6.07, 6.45) is 10.3. The van der Waals surface area contributed by atoms with Gasteiger partial charge in [-0.2, -0.15) is 0 Å². The van der Waals surface area contributed by atoms with Crippen LogP contribution in [0.25, 0.3) is 11.6 Å². The molecule has 4 rings (SSSR count). The second kappa shape index (κ2) is 8.66. The number of benzene rings is 1. The first-order valence-electron chi connectivity index (χ1n) is 10.5. The number of hydrogen-bond acceptors (Lipinski definition) is 3. The fraction of sp³-hybridized carbons (Fsp3) is 0.320. The predicted octanol–water partition coefficient (Wildman–Crippen LogP) is 4.30. The molecule has 2 aromatic rings. The Morgan fingerprint density at radius 1 is 1.13 bits per heavy atom. The van der Waals surface area contributed by atoms with Crippen LogP contribution in [0.5, 0.6) is 0 Å². The van der Waals surface area contributed by atoms with E-state index in [-0.39, 0.29) is 11.8 Å². The van der Waals surface area contributed by atoms with Crippen LogP contribution in [0.1, 0.15) is 47.1 Å². The molecule has 0 spiro atoms. The van der Waals surface area contributed by atoms with E-state index in [1.54, 1.807) is 12.3 Å². The van der Waals surface area contributed by atoms with Crippen LogP contribution in [0.2, 0.25) is 0 Å². The van der Waals surface area contributed by atoms with Crippen molar-refractivity contribution in [1.29, 1.82) is 0 Å². The topological polar surface area (TPSA) is 62.3 Å². The quantitative estimate of drug-likeness (QED) is 0.780. The zero-order valence-electron chi connectivity index (χ0n) is 17.6. The van der Waals surface area contributed by atoms with Crippen LogP contribution in [-0.2, 0) is 16.0 Å². The molecule has 0 atom stereocenters. The number of aryl methyl sites for hydroxylation is 3. The third-order valence-corrected chi connectivity index (χ3v) is 5.78. The third-order valence-electron chi connectivity index (χ3n) is 5.78. The molecule has 0 radical (unpaired) electrons. The SMILES string of the molecule is Cc1ccc(C)c(C2=CCCN(C(=O)C=Cc3cnc4c(c3)CCC(=O)N4)CC2)c1. The maximum atomic E-state index is 12.8. The molecule has 1 N–H and O–H groups in total. The number of pyridine rings is 1. The highest BCUT2D eigenvalue weighted by Gasteiger charge is 2.17. The van der Waals surface area contributed by atoms with E-state index in [1.807, 2.05) is 17.0 Å². The predicted molar refractivity (Wildman–Crippen MR) is 120 cm³/mol. The van der Waals surface area contributed by atoms with E-state index < -0.39 is 0 Å². The monoisotopic (exact) mass is 401 g/mol. The van der Waals surface area contributed by atoms with E-state index in [0.29, 0.717) is 18.7 Å². The molecule has 154 valence electrons. The van der Waals surface area contributed by atoms with E-state index in [9.17, 15) is 9.59 Å². The normalized spacial score (nSPS) is 16.7. The Kier molecular flexibility index (Phi) is 5.79. The van der Waals surface area contributed by atoms with Crippen LogP contribution in [0.15, 0.2) is 42.6 Å². The van der Waals surface area contributed by atoms with Crippen LogP contribution < -0.4 is 5.32 Å². The minimum atomic E-state index is 0.00321. The number of carbonyl (C=O) groups is 2. The highest BCUT2D eigenvalue weighted by atomic mass is 16.2. The zero-order chi connectivity index (χ0) is 21.1. The van der Waals surface area contributed by atoms with Crippen molar-refractivity contribution in [3.8, 4) is 0 Å². The van der Waals surface area contributed by atoms with Gasteiger partial charge in [0.05, 0.1) is 0 Å². The molecule has 2 amide bonds. The molecule has 2 aliphatic rings. The number of amides is 2. The summed E-state index contributed by atoms with van der Waals surface area (Å²) >= 11 is 0. The van der Waals surface area contributed by atoms with Crippen molar-refractivity contribution in [3.63, 3.8) is 0 Å². The summed E-state index contributed by atoms with van der Waals surface area (Å²) < 4.78 is 0. The molecule has 30 heavy (non-hydrogen) atoms. The number of hydrogen-bond donors (Lipinski definition) is 1. The van der Waals surface area contributed by atoms with Crippen molar-refractivity contribution in [2.45, 2.75) is 39.5 Å². The molecule has 0 bridgehead atoms. The summed E-state index contributed by atoms with van der Waals surface area (Å²) in [6.45, 7) is 5.71. The number of carbonyl (C=O) groups excluding carboxylic acids is 2. The summed E-state index contributed by atoms with van der Waals surface area (Å²) in [5.74, 6) is 0.660. The summed E-state index contributed by atoms with van der Waals surface area (Å²) in [4.78, 5) is 30.4. The largest absolute Gasteiger partial charge is 0.339 e. The second-order valence-electron chi connectivity index (χ2n) is 8.07. The van der Waals surface area contributed by atoms with Crippen molar-refractivity contribution < 1.29 is 9.59 Å². The molecule has 0 saturated heterocycles. The molecule has 2 aliphatic heterocycles. The van der Waals surface area contributed by atoms with Gasteiger partial charge in [0.15, 0.2) is 0 Å². The van der Waals surface area contributed by atoms with Gasteiger partial charge in [0.1, 0.15) is 5.82 Å². The van der Waals surface area contributed by atoms with E-state index in [0.717, 1.165) is 37.1 Å². The van der Waals surface area contributed by atoms with Crippen LogP contribution in [-0.4, -0.2) is 34.8 Å². The molecular formula is C25H27N3O2. The lowest BCUT2D eigenvalue weighted by Crippen LogP contribution is -2.30. The first-order valence-corrected chi connectivity index (χ1v) is 10.5. The Morgan fingerprint density at radius 2 is 2.00 bits per heavy atom. The number of anilines is 1. The van der Waals surface area contributed by atoms with Gasteiger partial charge in [-0.05, 0) is 73.1 Å². The number of aromatic nitrogens is 1. The van der Waals surface area contributed by atoms with Crippen LogP contribution >= 0.6 is 0 Å². The van der Waals surface area contributed by atoms with Gasteiger partial charge in [0, 0.05) is 31.8 Å². The molecule has 0 saturated carbocycles. The summed E-state index contributed by atoms with van der Waals surface area (Å²) in [5.41, 5.74) is 7.06. The van der Waals surface area contributed by atoms with Crippen molar-refractivity contribution in [2.24, 2.45) is 0 Å². The smallest absolute Gasteiger partial charge is 0.246 e.